The molecule has 3 heteroatoms. The van der Waals surface area contributed by atoms with Gasteiger partial charge in [-0.1, -0.05) is 29.8 Å². The molecule has 0 saturated carbocycles. The number of para-hydroxylation sites is 1. The number of aromatic amines is 1. The number of H-pyrrole nitrogens is 1. The van der Waals surface area contributed by atoms with E-state index < -0.39 is 0 Å². The number of nitrogens with one attached hydrogen (secondary N) is 1. The summed E-state index contributed by atoms with van der Waals surface area (Å²) in [6.07, 6.45) is 4.49. The predicted molar refractivity (Wildman–Crippen MR) is 90.1 cm³/mol. The van der Waals surface area contributed by atoms with Crippen molar-refractivity contribution >= 4 is 10.9 Å². The zero-order valence-corrected chi connectivity index (χ0v) is 13.2. The van der Waals surface area contributed by atoms with Gasteiger partial charge in [0.2, 0.25) is 0 Å². The van der Waals surface area contributed by atoms with Gasteiger partial charge in [0.1, 0.15) is 0 Å². The third-order valence-electron chi connectivity index (χ3n) is 5.59. The van der Waals surface area contributed by atoms with E-state index in [1.807, 2.05) is 0 Å². The molecule has 2 N–H and O–H groups in total. The maximum atomic E-state index is 10.1. The van der Waals surface area contributed by atoms with Crippen molar-refractivity contribution in [2.24, 2.45) is 5.92 Å². The first-order valence-electron chi connectivity index (χ1n) is 8.39. The first kappa shape index (κ1) is 14.0. The lowest BCUT2D eigenvalue weighted by molar-refractivity contribution is 0.186. The highest BCUT2D eigenvalue weighted by molar-refractivity contribution is 5.85. The molecule has 0 spiro atoms. The van der Waals surface area contributed by atoms with Crippen LogP contribution in [0.4, 0.5) is 0 Å². The van der Waals surface area contributed by atoms with E-state index in [0.29, 0.717) is 5.92 Å². The van der Waals surface area contributed by atoms with Gasteiger partial charge in [-0.3, -0.25) is 4.90 Å². The molecule has 1 saturated heterocycles. The van der Waals surface area contributed by atoms with Crippen molar-refractivity contribution in [3.8, 4) is 0 Å². The number of nitrogens with zero attached hydrogens (tertiary/aromatic N) is 1. The second-order valence-electron chi connectivity index (χ2n) is 6.64. The number of aliphatic hydroxyl groups excluding tert-OH is 1. The Hall–Kier alpha value is -1.58. The molecule has 2 aromatic rings. The van der Waals surface area contributed by atoms with Gasteiger partial charge in [0.15, 0.2) is 0 Å². The normalized spacial score (nSPS) is 30.1. The fourth-order valence-electron chi connectivity index (χ4n) is 4.41. The van der Waals surface area contributed by atoms with Crippen molar-refractivity contribution in [3.63, 3.8) is 0 Å². The number of rotatable bonds is 1. The van der Waals surface area contributed by atoms with Crippen molar-refractivity contribution in [1.82, 2.24) is 9.88 Å². The summed E-state index contributed by atoms with van der Waals surface area (Å²) in [6, 6.07) is 8.56. The highest BCUT2D eigenvalue weighted by Gasteiger charge is 2.34. The van der Waals surface area contributed by atoms with Gasteiger partial charge in [0.05, 0.1) is 6.61 Å². The van der Waals surface area contributed by atoms with Crippen LogP contribution >= 0.6 is 0 Å². The number of allylic oxidation sites excluding steroid dienone is 1. The molecule has 1 aromatic heterocycles. The first-order valence-corrected chi connectivity index (χ1v) is 8.39. The fraction of sp³-hybridized carbons (Fsp3) is 0.474. The summed E-state index contributed by atoms with van der Waals surface area (Å²) in [6.45, 7) is 5.70. The monoisotopic (exact) mass is 296 g/mol. The Morgan fingerprint density at radius 1 is 1.32 bits per heavy atom. The molecule has 0 radical (unpaired) electrons. The van der Waals surface area contributed by atoms with E-state index in [1.165, 1.54) is 27.7 Å². The summed E-state index contributed by atoms with van der Waals surface area (Å²) in [5.41, 5.74) is 5.40. The zero-order valence-electron chi connectivity index (χ0n) is 13.2. The minimum atomic E-state index is 0.203. The lowest BCUT2D eigenvalue weighted by atomic mass is 9.79. The van der Waals surface area contributed by atoms with Gasteiger partial charge >= 0.3 is 0 Å². The van der Waals surface area contributed by atoms with Crippen molar-refractivity contribution in [1.29, 1.82) is 0 Å². The summed E-state index contributed by atoms with van der Waals surface area (Å²) in [5, 5.41) is 11.5. The molecule has 3 unspecified atom stereocenters. The first-order chi connectivity index (χ1) is 10.8. The van der Waals surface area contributed by atoms with E-state index in [1.54, 1.807) is 0 Å². The molecule has 4 heterocycles. The van der Waals surface area contributed by atoms with Crippen LogP contribution < -0.4 is 0 Å². The Bertz CT molecular complexity index is 715. The number of aromatic nitrogens is 1. The topological polar surface area (TPSA) is 39.3 Å². The second kappa shape index (κ2) is 5.56. The Balaban J connectivity index is 1.90. The van der Waals surface area contributed by atoms with E-state index in [-0.39, 0.29) is 12.5 Å². The van der Waals surface area contributed by atoms with E-state index in [2.05, 4.69) is 47.1 Å². The lowest BCUT2D eigenvalue weighted by Gasteiger charge is -2.36. The molecule has 22 heavy (non-hydrogen) atoms. The summed E-state index contributed by atoms with van der Waals surface area (Å²) in [7, 11) is 0. The van der Waals surface area contributed by atoms with Gasteiger partial charge < -0.3 is 10.1 Å². The number of benzene rings is 1. The van der Waals surface area contributed by atoms with E-state index in [4.69, 9.17) is 0 Å². The number of aliphatic hydroxyl groups is 1. The molecule has 1 aromatic carbocycles. The molecule has 3 atom stereocenters. The molecular weight excluding hydrogens is 272 g/mol. The Kier molecular flexibility index (Phi) is 3.55. The van der Waals surface area contributed by atoms with Gasteiger partial charge in [0, 0.05) is 35.6 Å². The molecule has 2 bridgehead atoms. The maximum absolute atomic E-state index is 10.1. The predicted octanol–water partition coefficient (Wildman–Crippen LogP) is 3.07. The molecule has 0 amide bonds. The van der Waals surface area contributed by atoms with Gasteiger partial charge in [-0.2, -0.15) is 0 Å². The Morgan fingerprint density at radius 3 is 3.00 bits per heavy atom. The largest absolute Gasteiger partial charge is 0.396 e. The summed E-state index contributed by atoms with van der Waals surface area (Å²) in [4.78, 5) is 6.20. The molecule has 1 fully saturated rings. The average Bonchev–Trinajstić information content (AvgIpc) is 2.96. The van der Waals surface area contributed by atoms with E-state index in [9.17, 15) is 5.11 Å². The molecule has 3 aliphatic rings. The van der Waals surface area contributed by atoms with E-state index in [0.717, 1.165) is 32.5 Å². The molecular formula is C19H24N2O. The third-order valence-corrected chi connectivity index (χ3v) is 5.59. The van der Waals surface area contributed by atoms with Crippen LogP contribution in [0.15, 0.2) is 35.9 Å². The minimum Gasteiger partial charge on any atom is -0.396 e. The molecule has 3 nitrogen and oxygen atoms in total. The van der Waals surface area contributed by atoms with E-state index >= 15 is 0 Å². The zero-order chi connectivity index (χ0) is 15.1. The molecule has 116 valence electrons. The fourth-order valence-corrected chi connectivity index (χ4v) is 4.41. The van der Waals surface area contributed by atoms with Crippen LogP contribution in [0.25, 0.3) is 10.9 Å². The van der Waals surface area contributed by atoms with Gasteiger partial charge in [-0.15, -0.1) is 0 Å². The van der Waals surface area contributed by atoms with Crippen LogP contribution in [0.1, 0.15) is 30.5 Å². The Labute approximate surface area is 131 Å². The number of hydrogen-bond donors (Lipinski definition) is 2. The highest BCUT2D eigenvalue weighted by atomic mass is 16.3. The minimum absolute atomic E-state index is 0.203. The summed E-state index contributed by atoms with van der Waals surface area (Å²) in [5.74, 6) is 0.671. The quantitative estimate of drug-likeness (QED) is 0.794. The SMILES string of the molecule is C/C=C1/CN2CCc3c([nH]c4ccccc34)C(CO)C1CC2. The Morgan fingerprint density at radius 2 is 2.18 bits per heavy atom. The van der Waals surface area contributed by atoms with Crippen LogP contribution in [-0.2, 0) is 6.42 Å². The highest BCUT2D eigenvalue weighted by Crippen LogP contribution is 2.40. The van der Waals surface area contributed by atoms with Crippen LogP contribution in [0.5, 0.6) is 0 Å². The molecule has 3 aliphatic heterocycles. The standard InChI is InChI=1S/C19H24N2O/c1-2-13-11-21-9-7-14(13)17(12-22)19-16(8-10-21)15-5-3-4-6-18(15)20-19/h2-6,14,17,20,22H,7-12H2,1H3/b13-2-. The molecule has 0 aliphatic carbocycles. The second-order valence-corrected chi connectivity index (χ2v) is 6.64. The summed E-state index contributed by atoms with van der Waals surface area (Å²) >= 11 is 0. The molecule has 5 rings (SSSR count). The van der Waals surface area contributed by atoms with Crippen LogP contribution in [0.2, 0.25) is 0 Å². The smallest absolute Gasteiger partial charge is 0.0519 e. The van der Waals surface area contributed by atoms with Crippen molar-refractivity contribution in [3.05, 3.63) is 47.2 Å². The van der Waals surface area contributed by atoms with Crippen LogP contribution in [0.3, 0.4) is 0 Å². The van der Waals surface area contributed by atoms with Gasteiger partial charge in [-0.25, -0.2) is 0 Å². The number of piperidine rings is 1. The van der Waals surface area contributed by atoms with Crippen molar-refractivity contribution < 1.29 is 5.11 Å². The third kappa shape index (κ3) is 2.11. The number of hydrogen-bond acceptors (Lipinski definition) is 2. The summed E-state index contributed by atoms with van der Waals surface area (Å²) < 4.78 is 0. The average molecular weight is 296 g/mol. The lowest BCUT2D eigenvalue weighted by Crippen LogP contribution is -2.38. The van der Waals surface area contributed by atoms with Gasteiger partial charge in [-0.05, 0) is 43.9 Å². The maximum Gasteiger partial charge on any atom is 0.0519 e. The van der Waals surface area contributed by atoms with Crippen molar-refractivity contribution in [2.45, 2.75) is 25.7 Å². The van der Waals surface area contributed by atoms with Crippen LogP contribution in [0, 0.1) is 5.92 Å². The van der Waals surface area contributed by atoms with Crippen LogP contribution in [-0.4, -0.2) is 41.2 Å². The number of fused-ring (bicyclic) bond motifs is 4. The van der Waals surface area contributed by atoms with Crippen molar-refractivity contribution in [2.75, 3.05) is 26.2 Å². The van der Waals surface area contributed by atoms with Gasteiger partial charge in [0.25, 0.3) is 0 Å².